The molecule has 0 radical (unpaired) electrons. The van der Waals surface area contributed by atoms with E-state index in [4.69, 9.17) is 5.73 Å². The lowest BCUT2D eigenvalue weighted by molar-refractivity contribution is 0.0649. The van der Waals surface area contributed by atoms with Gasteiger partial charge in [0.2, 0.25) is 0 Å². The molecule has 0 aliphatic rings. The number of hydrogen-bond donors (Lipinski definition) is 3. The maximum Gasteiger partial charge on any atom is 0.0789 e. The van der Waals surface area contributed by atoms with E-state index in [1.165, 1.54) is 0 Å². The van der Waals surface area contributed by atoms with Crippen LogP contribution < -0.4 is 11.1 Å². The first-order valence-corrected chi connectivity index (χ1v) is 7.40. The van der Waals surface area contributed by atoms with Crippen molar-refractivity contribution < 1.29 is 9.84 Å². The Hall–Kier alpha value is -1.74. The molecule has 1 rings (SSSR count). The van der Waals surface area contributed by atoms with Gasteiger partial charge in [-0.1, -0.05) is 26.5 Å². The summed E-state index contributed by atoms with van der Waals surface area (Å²) in [7, 11) is 3.25. The van der Waals surface area contributed by atoms with Gasteiger partial charge in [-0.05, 0) is 44.5 Å². The average molecular weight is 308 g/mol. The summed E-state index contributed by atoms with van der Waals surface area (Å²) in [5.74, 6) is 0. The van der Waals surface area contributed by atoms with Crippen molar-refractivity contribution in [1.82, 2.24) is 0 Å². The Balaban J connectivity index is 0. The van der Waals surface area contributed by atoms with Crippen LogP contribution in [0.15, 0.2) is 30.5 Å². The molecule has 4 nitrogen and oxygen atoms in total. The Labute approximate surface area is 135 Å². The van der Waals surface area contributed by atoms with Crippen LogP contribution in [0.3, 0.4) is 0 Å². The van der Waals surface area contributed by atoms with Crippen LogP contribution in [0.1, 0.15) is 40.2 Å². The van der Waals surface area contributed by atoms with Crippen molar-refractivity contribution in [1.29, 1.82) is 0 Å². The third-order valence-electron chi connectivity index (χ3n) is 2.78. The first-order valence-electron chi connectivity index (χ1n) is 7.40. The normalized spacial score (nSPS) is 10.9. The van der Waals surface area contributed by atoms with E-state index >= 15 is 0 Å². The summed E-state index contributed by atoms with van der Waals surface area (Å²) < 4.78 is 4.25. The average Bonchev–Trinajstić information content (AvgIpc) is 2.45. The highest BCUT2D eigenvalue weighted by molar-refractivity contribution is 5.71. The molecule has 0 fully saturated rings. The van der Waals surface area contributed by atoms with Gasteiger partial charge in [0.1, 0.15) is 0 Å². The Morgan fingerprint density at radius 3 is 2.27 bits per heavy atom. The molecule has 0 aliphatic heterocycles. The Bertz CT molecular complexity index is 459. The number of aliphatic hydroxyl groups is 1. The van der Waals surface area contributed by atoms with Gasteiger partial charge in [0.25, 0.3) is 0 Å². The minimum absolute atomic E-state index is 0.104. The van der Waals surface area contributed by atoms with Crippen LogP contribution in [0.25, 0.3) is 6.08 Å². The number of anilines is 2. The monoisotopic (exact) mass is 308 g/mol. The second kappa shape index (κ2) is 11.9. The van der Waals surface area contributed by atoms with Crippen LogP contribution in [0.2, 0.25) is 0 Å². The number of methoxy groups -OCH3 is 1. The molecule has 0 amide bonds. The van der Waals surface area contributed by atoms with Gasteiger partial charge in [0.15, 0.2) is 0 Å². The van der Waals surface area contributed by atoms with Crippen molar-refractivity contribution >= 4 is 17.5 Å². The first-order chi connectivity index (χ1) is 10.3. The largest absolute Gasteiger partial charge is 0.397 e. The first kappa shape index (κ1) is 22.5. The zero-order valence-corrected chi connectivity index (χ0v) is 15.0. The topological polar surface area (TPSA) is 67.5 Å². The summed E-state index contributed by atoms with van der Waals surface area (Å²) in [6, 6.07) is 5.53. The highest BCUT2D eigenvalue weighted by atomic mass is 16.4. The van der Waals surface area contributed by atoms with Gasteiger partial charge in [-0.15, -0.1) is 5.73 Å². The van der Waals surface area contributed by atoms with E-state index in [1.54, 1.807) is 34.1 Å². The molecule has 0 saturated heterocycles. The molecule has 0 heterocycles. The molecule has 0 aromatic heterocycles. The molecular weight excluding hydrogens is 276 g/mol. The van der Waals surface area contributed by atoms with E-state index in [9.17, 15) is 5.11 Å². The Morgan fingerprint density at radius 2 is 1.86 bits per heavy atom. The number of benzene rings is 1. The molecule has 0 bridgehead atoms. The second-order valence-corrected chi connectivity index (χ2v) is 5.12. The SMILES string of the molecule is C=C=Cc1ccc(N)c(NC(C)C(C)(C)O)c1.CC.COC. The van der Waals surface area contributed by atoms with Crippen LogP contribution in [0.5, 0.6) is 0 Å². The molecule has 1 unspecified atom stereocenters. The van der Waals surface area contributed by atoms with E-state index < -0.39 is 5.60 Å². The number of nitrogens with one attached hydrogen (secondary N) is 1. The van der Waals surface area contributed by atoms with Gasteiger partial charge in [-0.3, -0.25) is 0 Å². The van der Waals surface area contributed by atoms with E-state index in [0.717, 1.165) is 11.3 Å². The molecular formula is C18H32N2O2. The van der Waals surface area contributed by atoms with Gasteiger partial charge in [0, 0.05) is 14.2 Å². The van der Waals surface area contributed by atoms with E-state index in [2.05, 4.69) is 22.4 Å². The third-order valence-corrected chi connectivity index (χ3v) is 2.78. The summed E-state index contributed by atoms with van der Waals surface area (Å²) in [5, 5.41) is 13.1. The van der Waals surface area contributed by atoms with Crippen LogP contribution in [0, 0.1) is 0 Å². The maximum atomic E-state index is 9.88. The molecule has 0 spiro atoms. The molecule has 4 heteroatoms. The molecule has 22 heavy (non-hydrogen) atoms. The molecule has 4 N–H and O–H groups in total. The predicted octanol–water partition coefficient (Wildman–Crippen LogP) is 3.93. The molecule has 1 aromatic carbocycles. The summed E-state index contributed by atoms with van der Waals surface area (Å²) in [6.07, 6.45) is 1.78. The lowest BCUT2D eigenvalue weighted by Crippen LogP contribution is -2.39. The van der Waals surface area contributed by atoms with Crippen molar-refractivity contribution in [2.24, 2.45) is 0 Å². The van der Waals surface area contributed by atoms with Crippen LogP contribution in [-0.4, -0.2) is 31.0 Å². The summed E-state index contributed by atoms with van der Waals surface area (Å²) in [5.41, 5.74) is 10.2. The van der Waals surface area contributed by atoms with Gasteiger partial charge in [-0.2, -0.15) is 0 Å². The van der Waals surface area contributed by atoms with Crippen LogP contribution in [0.4, 0.5) is 11.4 Å². The van der Waals surface area contributed by atoms with Crippen molar-refractivity contribution in [3.05, 3.63) is 36.1 Å². The lowest BCUT2D eigenvalue weighted by Gasteiger charge is -2.28. The fourth-order valence-electron chi connectivity index (χ4n) is 1.32. The summed E-state index contributed by atoms with van der Waals surface area (Å²) in [6.45, 7) is 13.0. The molecule has 0 saturated carbocycles. The summed E-state index contributed by atoms with van der Waals surface area (Å²) in [4.78, 5) is 0. The quantitative estimate of drug-likeness (QED) is 0.582. The zero-order chi connectivity index (χ0) is 17.8. The fourth-order valence-corrected chi connectivity index (χ4v) is 1.32. The van der Waals surface area contributed by atoms with Crippen LogP contribution >= 0.6 is 0 Å². The number of hydrogen-bond acceptors (Lipinski definition) is 4. The van der Waals surface area contributed by atoms with Crippen LogP contribution in [-0.2, 0) is 4.74 Å². The highest BCUT2D eigenvalue weighted by Gasteiger charge is 2.22. The number of nitrogens with two attached hydrogens (primary N) is 1. The zero-order valence-electron chi connectivity index (χ0n) is 15.0. The van der Waals surface area contributed by atoms with E-state index in [0.29, 0.717) is 5.69 Å². The maximum absolute atomic E-state index is 9.88. The minimum atomic E-state index is -0.809. The van der Waals surface area contributed by atoms with Crippen molar-refractivity contribution in [3.63, 3.8) is 0 Å². The van der Waals surface area contributed by atoms with E-state index in [-0.39, 0.29) is 6.04 Å². The summed E-state index contributed by atoms with van der Waals surface area (Å²) >= 11 is 0. The molecule has 1 aromatic rings. The van der Waals surface area contributed by atoms with Gasteiger partial charge < -0.3 is 20.9 Å². The van der Waals surface area contributed by atoms with Crippen molar-refractivity contribution in [2.75, 3.05) is 25.3 Å². The van der Waals surface area contributed by atoms with Gasteiger partial charge >= 0.3 is 0 Å². The highest BCUT2D eigenvalue weighted by Crippen LogP contribution is 2.23. The predicted molar refractivity (Wildman–Crippen MR) is 98.1 cm³/mol. The number of ether oxygens (including phenoxy) is 1. The van der Waals surface area contributed by atoms with E-state index in [1.807, 2.05) is 39.0 Å². The number of rotatable bonds is 4. The number of nitrogen functional groups attached to an aromatic ring is 1. The lowest BCUT2D eigenvalue weighted by atomic mass is 10.00. The third kappa shape index (κ3) is 9.24. The standard InChI is InChI=1S/C14H20N2O.C2H6O.C2H6/c1-5-6-11-7-8-12(15)13(9-11)16-10(2)14(3,4)17;1-3-2;1-2/h6-10,16-17H,1,15H2,2-4H3;1-2H3;1-2H3. The fraction of sp³-hybridized carbons (Fsp3) is 0.500. The van der Waals surface area contributed by atoms with Gasteiger partial charge in [0.05, 0.1) is 23.0 Å². The molecule has 1 atom stereocenters. The smallest absolute Gasteiger partial charge is 0.0789 e. The van der Waals surface area contributed by atoms with Crippen molar-refractivity contribution in [3.8, 4) is 0 Å². The second-order valence-electron chi connectivity index (χ2n) is 5.12. The molecule has 126 valence electrons. The Morgan fingerprint density at radius 1 is 1.36 bits per heavy atom. The minimum Gasteiger partial charge on any atom is -0.397 e. The van der Waals surface area contributed by atoms with Crippen molar-refractivity contribution in [2.45, 2.75) is 46.3 Å². The van der Waals surface area contributed by atoms with Gasteiger partial charge in [-0.25, -0.2) is 0 Å². The molecule has 0 aliphatic carbocycles. The Kier molecular flexibility index (Phi) is 12.2.